The Morgan fingerprint density at radius 2 is 1.95 bits per heavy atom. The van der Waals surface area contributed by atoms with Crippen molar-refractivity contribution in [3.8, 4) is 28.7 Å². The van der Waals surface area contributed by atoms with E-state index in [0.717, 1.165) is 49.5 Å². The summed E-state index contributed by atoms with van der Waals surface area (Å²) >= 11 is 0. The number of nitriles is 1. The van der Waals surface area contributed by atoms with Crippen LogP contribution in [0.3, 0.4) is 0 Å². The number of aromatic nitrogens is 4. The van der Waals surface area contributed by atoms with Gasteiger partial charge in [-0.3, -0.25) is 9.88 Å². The van der Waals surface area contributed by atoms with Crippen molar-refractivity contribution in [3.05, 3.63) is 66.1 Å². The fourth-order valence-corrected chi connectivity index (χ4v) is 4.75. The summed E-state index contributed by atoms with van der Waals surface area (Å²) in [5.74, 6) is 1.13. The molecular formula is C29H32FN7O3. The first-order valence-corrected chi connectivity index (χ1v) is 13.1. The smallest absolute Gasteiger partial charge is 0.172 e. The van der Waals surface area contributed by atoms with Crippen molar-refractivity contribution in [1.29, 1.82) is 5.26 Å². The molecule has 0 aromatic carbocycles. The summed E-state index contributed by atoms with van der Waals surface area (Å²) in [6, 6.07) is 9.45. The highest BCUT2D eigenvalue weighted by Crippen LogP contribution is 2.32. The summed E-state index contributed by atoms with van der Waals surface area (Å²) in [5.41, 5.74) is 2.38. The number of aliphatic hydroxyl groups is 1. The van der Waals surface area contributed by atoms with Gasteiger partial charge in [0.05, 0.1) is 48.1 Å². The van der Waals surface area contributed by atoms with Crippen molar-refractivity contribution in [3.63, 3.8) is 0 Å². The number of rotatable bonds is 8. The molecular weight excluding hydrogens is 513 g/mol. The Balaban J connectivity index is 1.32. The van der Waals surface area contributed by atoms with E-state index in [0.29, 0.717) is 29.1 Å². The van der Waals surface area contributed by atoms with E-state index in [-0.39, 0.29) is 12.4 Å². The molecule has 1 fully saturated rings. The second kappa shape index (κ2) is 11.5. The number of ether oxygens (including phenoxy) is 2. The Labute approximate surface area is 232 Å². The Kier molecular flexibility index (Phi) is 7.82. The molecule has 208 valence electrons. The SMILES string of the molecule is COc1cnc(CN2CCCN(c3ccc(-c4cc(OCC(C)(C)O)cn5ncc(C#N)c45)cn3)CC2)cc1F. The fourth-order valence-electron chi connectivity index (χ4n) is 4.75. The average molecular weight is 546 g/mol. The molecule has 0 unspecified atom stereocenters. The van der Waals surface area contributed by atoms with E-state index in [9.17, 15) is 14.8 Å². The highest BCUT2D eigenvalue weighted by molar-refractivity contribution is 5.85. The van der Waals surface area contributed by atoms with Crippen molar-refractivity contribution in [2.45, 2.75) is 32.4 Å². The summed E-state index contributed by atoms with van der Waals surface area (Å²) in [6.45, 7) is 7.31. The van der Waals surface area contributed by atoms with Crippen LogP contribution in [-0.2, 0) is 6.54 Å². The van der Waals surface area contributed by atoms with Gasteiger partial charge in [-0.15, -0.1) is 0 Å². The van der Waals surface area contributed by atoms with Crippen LogP contribution in [0, 0.1) is 17.1 Å². The van der Waals surface area contributed by atoms with E-state index in [4.69, 9.17) is 14.5 Å². The molecule has 11 heteroatoms. The number of fused-ring (bicyclic) bond motifs is 1. The van der Waals surface area contributed by atoms with Crippen LogP contribution in [-0.4, -0.2) is 75.1 Å². The van der Waals surface area contributed by atoms with Crippen molar-refractivity contribution in [2.75, 3.05) is 44.8 Å². The van der Waals surface area contributed by atoms with Crippen molar-refractivity contribution >= 4 is 11.3 Å². The van der Waals surface area contributed by atoms with Gasteiger partial charge >= 0.3 is 0 Å². The third kappa shape index (κ3) is 6.14. The minimum Gasteiger partial charge on any atom is -0.492 e. The summed E-state index contributed by atoms with van der Waals surface area (Å²) in [4.78, 5) is 13.6. The van der Waals surface area contributed by atoms with Gasteiger partial charge in [-0.1, -0.05) is 0 Å². The molecule has 10 nitrogen and oxygen atoms in total. The van der Waals surface area contributed by atoms with Crippen LogP contribution in [0.5, 0.6) is 11.5 Å². The highest BCUT2D eigenvalue weighted by Gasteiger charge is 2.20. The maximum absolute atomic E-state index is 14.1. The quantitative estimate of drug-likeness (QED) is 0.354. The minimum absolute atomic E-state index is 0.108. The zero-order chi connectivity index (χ0) is 28.3. The molecule has 0 aliphatic carbocycles. The van der Waals surface area contributed by atoms with Gasteiger partial charge in [0.15, 0.2) is 11.6 Å². The lowest BCUT2D eigenvalue weighted by atomic mass is 10.1. The first kappa shape index (κ1) is 27.3. The first-order valence-electron chi connectivity index (χ1n) is 13.1. The molecule has 40 heavy (non-hydrogen) atoms. The number of halogens is 1. The molecule has 0 saturated carbocycles. The van der Waals surface area contributed by atoms with E-state index in [1.54, 1.807) is 30.8 Å². The highest BCUT2D eigenvalue weighted by atomic mass is 19.1. The van der Waals surface area contributed by atoms with Crippen LogP contribution < -0.4 is 14.4 Å². The van der Waals surface area contributed by atoms with E-state index >= 15 is 0 Å². The molecule has 5 rings (SSSR count). The van der Waals surface area contributed by atoms with E-state index < -0.39 is 11.4 Å². The first-order chi connectivity index (χ1) is 19.2. The lowest BCUT2D eigenvalue weighted by molar-refractivity contribution is 0.0283. The Morgan fingerprint density at radius 1 is 1.10 bits per heavy atom. The van der Waals surface area contributed by atoms with E-state index in [2.05, 4.69) is 26.0 Å². The van der Waals surface area contributed by atoms with Gasteiger partial charge in [-0.25, -0.2) is 13.9 Å². The van der Waals surface area contributed by atoms with Crippen molar-refractivity contribution in [2.24, 2.45) is 0 Å². The second-order valence-electron chi connectivity index (χ2n) is 10.5. The van der Waals surface area contributed by atoms with E-state index in [1.165, 1.54) is 25.6 Å². The Hall–Kier alpha value is -4.27. The number of methoxy groups -OCH3 is 1. The van der Waals surface area contributed by atoms with E-state index in [1.807, 2.05) is 18.2 Å². The molecule has 1 aliphatic heterocycles. The number of hydrogen-bond acceptors (Lipinski definition) is 9. The maximum atomic E-state index is 14.1. The lowest BCUT2D eigenvalue weighted by Gasteiger charge is -2.23. The van der Waals surface area contributed by atoms with Gasteiger partial charge in [0.1, 0.15) is 24.2 Å². The molecule has 0 spiro atoms. The molecule has 0 radical (unpaired) electrons. The van der Waals surface area contributed by atoms with Gasteiger partial charge in [0.25, 0.3) is 0 Å². The zero-order valence-electron chi connectivity index (χ0n) is 22.8. The summed E-state index contributed by atoms with van der Waals surface area (Å²) in [7, 11) is 1.43. The van der Waals surface area contributed by atoms with Gasteiger partial charge < -0.3 is 19.5 Å². The monoisotopic (exact) mass is 545 g/mol. The number of pyridine rings is 3. The van der Waals surface area contributed by atoms with Crippen LogP contribution in [0.15, 0.2) is 49.1 Å². The fraction of sp³-hybridized carbons (Fsp3) is 0.379. The van der Waals surface area contributed by atoms with Crippen LogP contribution >= 0.6 is 0 Å². The molecule has 4 aromatic rings. The second-order valence-corrected chi connectivity index (χ2v) is 10.5. The molecule has 0 bridgehead atoms. The summed E-state index contributed by atoms with van der Waals surface area (Å²) in [5, 5.41) is 24.1. The Morgan fingerprint density at radius 3 is 2.65 bits per heavy atom. The third-order valence-corrected chi connectivity index (χ3v) is 6.75. The molecule has 4 aromatic heterocycles. The largest absolute Gasteiger partial charge is 0.492 e. The molecule has 1 aliphatic rings. The minimum atomic E-state index is -0.996. The van der Waals surface area contributed by atoms with Gasteiger partial charge in [-0.2, -0.15) is 10.4 Å². The third-order valence-electron chi connectivity index (χ3n) is 6.75. The number of hydrogen-bond donors (Lipinski definition) is 1. The van der Waals surface area contributed by atoms with Crippen LogP contribution in [0.2, 0.25) is 0 Å². The maximum Gasteiger partial charge on any atom is 0.172 e. The molecule has 5 heterocycles. The predicted octanol–water partition coefficient (Wildman–Crippen LogP) is 3.67. The standard InChI is InChI=1S/C29H32FN7O3/c1-29(2,38)19-40-23-12-24(28-21(13-31)15-34-37(28)18-23)20-5-6-27(33-14-20)36-8-4-7-35(9-10-36)17-22-11-25(30)26(39-3)16-32-22/h5-6,11-12,14-16,18,38H,4,7-10,17,19H2,1-3H3. The summed E-state index contributed by atoms with van der Waals surface area (Å²) in [6.07, 6.45) is 7.38. The number of anilines is 1. The van der Waals surface area contributed by atoms with Gasteiger partial charge in [0.2, 0.25) is 0 Å². The molecule has 1 saturated heterocycles. The van der Waals surface area contributed by atoms with Crippen molar-refractivity contribution in [1.82, 2.24) is 24.5 Å². The van der Waals surface area contributed by atoms with Crippen LogP contribution in [0.1, 0.15) is 31.5 Å². The topological polar surface area (TPSA) is 112 Å². The average Bonchev–Trinajstić information content (AvgIpc) is 3.22. The van der Waals surface area contributed by atoms with Crippen LogP contribution in [0.4, 0.5) is 10.2 Å². The molecule has 1 N–H and O–H groups in total. The normalized spacial score (nSPS) is 14.7. The zero-order valence-corrected chi connectivity index (χ0v) is 22.8. The van der Waals surface area contributed by atoms with Crippen LogP contribution in [0.25, 0.3) is 16.6 Å². The van der Waals surface area contributed by atoms with Gasteiger partial charge in [-0.05, 0) is 38.5 Å². The summed E-state index contributed by atoms with van der Waals surface area (Å²) < 4.78 is 26.5. The van der Waals surface area contributed by atoms with Gasteiger partial charge in [0, 0.05) is 56.1 Å². The predicted molar refractivity (Wildman–Crippen MR) is 148 cm³/mol. The lowest BCUT2D eigenvalue weighted by Crippen LogP contribution is -2.31. The Bertz CT molecular complexity index is 1530. The molecule has 0 amide bonds. The van der Waals surface area contributed by atoms with Crippen molar-refractivity contribution < 1.29 is 19.0 Å². The molecule has 0 atom stereocenters. The number of nitrogens with zero attached hydrogens (tertiary/aromatic N) is 7.